The van der Waals surface area contributed by atoms with Crippen molar-refractivity contribution in [1.29, 1.82) is 0 Å². The maximum absolute atomic E-state index is 5.82. The minimum absolute atomic E-state index is 0.659. The van der Waals surface area contributed by atoms with Crippen LogP contribution in [-0.2, 0) is 6.42 Å². The molecule has 0 unspecified atom stereocenters. The molecule has 0 aliphatic carbocycles. The van der Waals surface area contributed by atoms with Crippen molar-refractivity contribution in [3.63, 3.8) is 0 Å². The quantitative estimate of drug-likeness (QED) is 0.493. The lowest BCUT2D eigenvalue weighted by Crippen LogP contribution is -2.32. The van der Waals surface area contributed by atoms with E-state index in [1.54, 1.807) is 14.2 Å². The van der Waals surface area contributed by atoms with Crippen LogP contribution in [0.1, 0.15) is 5.56 Å². The molecular weight excluding hydrogens is 396 g/mol. The summed E-state index contributed by atoms with van der Waals surface area (Å²) >= 11 is 5.54. The Kier molecular flexibility index (Phi) is 7.51. The Balaban J connectivity index is 1.51. The van der Waals surface area contributed by atoms with Gasteiger partial charge >= 0.3 is 0 Å². The summed E-state index contributed by atoms with van der Waals surface area (Å²) in [5.74, 6) is 3.05. The van der Waals surface area contributed by atoms with Crippen LogP contribution in [0.3, 0.4) is 0 Å². The summed E-state index contributed by atoms with van der Waals surface area (Å²) in [4.78, 5) is 2.01. The number of benzene rings is 3. The van der Waals surface area contributed by atoms with Crippen LogP contribution in [0, 0.1) is 0 Å². The first-order chi connectivity index (χ1) is 14.6. The van der Waals surface area contributed by atoms with E-state index in [0.29, 0.717) is 5.11 Å². The third-order valence-electron chi connectivity index (χ3n) is 4.62. The van der Waals surface area contributed by atoms with Crippen LogP contribution in [0.5, 0.6) is 23.0 Å². The summed E-state index contributed by atoms with van der Waals surface area (Å²) in [6, 6.07) is 23.4. The first-order valence-corrected chi connectivity index (χ1v) is 10.1. The van der Waals surface area contributed by atoms with E-state index in [2.05, 4.69) is 5.32 Å². The first kappa shape index (κ1) is 21.5. The minimum atomic E-state index is 0.659. The highest BCUT2D eigenvalue weighted by Gasteiger charge is 2.08. The third-order valence-corrected chi connectivity index (χ3v) is 5.03. The van der Waals surface area contributed by atoms with Gasteiger partial charge in [0.25, 0.3) is 0 Å². The molecule has 0 aliphatic rings. The Labute approximate surface area is 183 Å². The van der Waals surface area contributed by atoms with Gasteiger partial charge in [-0.25, -0.2) is 0 Å². The number of nitrogens with one attached hydrogen (secondary N) is 1. The van der Waals surface area contributed by atoms with Gasteiger partial charge in [0, 0.05) is 19.3 Å². The summed E-state index contributed by atoms with van der Waals surface area (Å²) < 4.78 is 16.5. The predicted molar refractivity (Wildman–Crippen MR) is 125 cm³/mol. The monoisotopic (exact) mass is 422 g/mol. The molecule has 5 nitrogen and oxygen atoms in total. The summed E-state index contributed by atoms with van der Waals surface area (Å²) in [5.41, 5.74) is 2.07. The molecule has 1 N–H and O–H groups in total. The fourth-order valence-corrected chi connectivity index (χ4v) is 3.09. The zero-order valence-electron chi connectivity index (χ0n) is 17.4. The molecule has 3 rings (SSSR count). The first-order valence-electron chi connectivity index (χ1n) is 9.65. The summed E-state index contributed by atoms with van der Waals surface area (Å²) in [5, 5.41) is 3.93. The average molecular weight is 423 g/mol. The number of likely N-dealkylation sites (N-methyl/N-ethyl adjacent to an activating group) is 1. The van der Waals surface area contributed by atoms with E-state index in [-0.39, 0.29) is 0 Å². The van der Waals surface area contributed by atoms with Gasteiger partial charge in [0.2, 0.25) is 0 Å². The second kappa shape index (κ2) is 10.5. The lowest BCUT2D eigenvalue weighted by atomic mass is 10.1. The topological polar surface area (TPSA) is 43.0 Å². The number of hydrogen-bond acceptors (Lipinski definition) is 4. The Bertz CT molecular complexity index is 962. The van der Waals surface area contributed by atoms with Gasteiger partial charge in [-0.05, 0) is 72.7 Å². The highest BCUT2D eigenvalue weighted by atomic mass is 32.1. The number of para-hydroxylation sites is 1. The molecule has 0 radical (unpaired) electrons. The van der Waals surface area contributed by atoms with E-state index in [4.69, 9.17) is 26.4 Å². The second-order valence-electron chi connectivity index (χ2n) is 6.73. The normalized spacial score (nSPS) is 10.2. The van der Waals surface area contributed by atoms with Gasteiger partial charge in [-0.15, -0.1) is 0 Å². The standard InChI is InChI=1S/C24H26N2O3S/c1-26(16-15-18-9-14-22(27-2)23(17-18)28-3)24(30)25-19-10-12-21(13-11-19)29-20-7-5-4-6-8-20/h4-14,17H,15-16H2,1-3H3,(H,25,30). The van der Waals surface area contributed by atoms with E-state index >= 15 is 0 Å². The fourth-order valence-electron chi connectivity index (χ4n) is 2.88. The van der Waals surface area contributed by atoms with E-state index in [9.17, 15) is 0 Å². The van der Waals surface area contributed by atoms with Crippen molar-refractivity contribution in [2.45, 2.75) is 6.42 Å². The molecule has 156 valence electrons. The van der Waals surface area contributed by atoms with E-state index in [1.165, 1.54) is 0 Å². The molecule has 0 aliphatic heterocycles. The largest absolute Gasteiger partial charge is 0.493 e. The van der Waals surface area contributed by atoms with E-state index in [1.807, 2.05) is 84.7 Å². The molecule has 0 amide bonds. The van der Waals surface area contributed by atoms with Crippen molar-refractivity contribution in [3.05, 3.63) is 78.4 Å². The summed E-state index contributed by atoms with van der Waals surface area (Å²) in [7, 11) is 5.25. The molecule has 3 aromatic carbocycles. The van der Waals surface area contributed by atoms with Crippen LogP contribution in [0.4, 0.5) is 5.69 Å². The number of hydrogen-bond donors (Lipinski definition) is 1. The third kappa shape index (κ3) is 5.87. The lowest BCUT2D eigenvalue weighted by molar-refractivity contribution is 0.354. The molecular formula is C24H26N2O3S. The number of thiocarbonyl (C=S) groups is 1. The van der Waals surface area contributed by atoms with Gasteiger partial charge in [0.1, 0.15) is 11.5 Å². The highest BCUT2D eigenvalue weighted by molar-refractivity contribution is 7.80. The predicted octanol–water partition coefficient (Wildman–Crippen LogP) is 5.37. The molecule has 0 saturated heterocycles. The molecule has 0 heterocycles. The molecule has 0 bridgehead atoms. The van der Waals surface area contributed by atoms with Crippen LogP contribution >= 0.6 is 12.2 Å². The van der Waals surface area contributed by atoms with Crippen molar-refractivity contribution in [2.24, 2.45) is 0 Å². The van der Waals surface area contributed by atoms with Crippen molar-refractivity contribution in [1.82, 2.24) is 4.90 Å². The van der Waals surface area contributed by atoms with Crippen molar-refractivity contribution in [3.8, 4) is 23.0 Å². The van der Waals surface area contributed by atoms with E-state index < -0.39 is 0 Å². The maximum Gasteiger partial charge on any atom is 0.173 e. The van der Waals surface area contributed by atoms with Crippen LogP contribution in [0.2, 0.25) is 0 Å². The Hall–Kier alpha value is -3.25. The van der Waals surface area contributed by atoms with Crippen LogP contribution in [0.25, 0.3) is 0 Å². The summed E-state index contributed by atoms with van der Waals surface area (Å²) in [6.07, 6.45) is 0.836. The van der Waals surface area contributed by atoms with Crippen molar-refractivity contribution >= 4 is 23.0 Å². The van der Waals surface area contributed by atoms with Crippen molar-refractivity contribution < 1.29 is 14.2 Å². The lowest BCUT2D eigenvalue weighted by Gasteiger charge is -2.21. The van der Waals surface area contributed by atoms with Gasteiger partial charge in [0.05, 0.1) is 14.2 Å². The van der Waals surface area contributed by atoms with Crippen molar-refractivity contribution in [2.75, 3.05) is 33.1 Å². The summed E-state index contributed by atoms with van der Waals surface area (Å²) in [6.45, 7) is 0.774. The molecule has 0 aromatic heterocycles. The Morgan fingerprint density at radius 1 is 0.867 bits per heavy atom. The smallest absolute Gasteiger partial charge is 0.173 e. The molecule has 0 atom stereocenters. The number of ether oxygens (including phenoxy) is 3. The Morgan fingerprint density at radius 2 is 1.53 bits per heavy atom. The number of methoxy groups -OCH3 is 2. The maximum atomic E-state index is 5.82. The average Bonchev–Trinajstić information content (AvgIpc) is 2.79. The van der Waals surface area contributed by atoms with Gasteiger partial charge in [-0.3, -0.25) is 0 Å². The van der Waals surface area contributed by atoms with E-state index in [0.717, 1.165) is 47.2 Å². The Morgan fingerprint density at radius 3 is 2.20 bits per heavy atom. The zero-order chi connectivity index (χ0) is 21.3. The van der Waals surface area contributed by atoms with Crippen LogP contribution < -0.4 is 19.5 Å². The molecule has 30 heavy (non-hydrogen) atoms. The highest BCUT2D eigenvalue weighted by Crippen LogP contribution is 2.28. The fraction of sp³-hybridized carbons (Fsp3) is 0.208. The number of rotatable bonds is 8. The SMILES string of the molecule is COc1ccc(CCN(C)C(=S)Nc2ccc(Oc3ccccc3)cc2)cc1OC. The number of anilines is 1. The number of nitrogens with zero attached hydrogens (tertiary/aromatic N) is 1. The zero-order valence-corrected chi connectivity index (χ0v) is 18.2. The molecule has 6 heteroatoms. The molecule has 3 aromatic rings. The van der Waals surface area contributed by atoms with Gasteiger partial charge in [0.15, 0.2) is 16.6 Å². The van der Waals surface area contributed by atoms with Gasteiger partial charge < -0.3 is 24.4 Å². The van der Waals surface area contributed by atoms with Gasteiger partial charge in [-0.2, -0.15) is 0 Å². The minimum Gasteiger partial charge on any atom is -0.493 e. The van der Waals surface area contributed by atoms with Crippen LogP contribution in [-0.4, -0.2) is 37.8 Å². The van der Waals surface area contributed by atoms with Crippen LogP contribution in [0.15, 0.2) is 72.8 Å². The molecule has 0 fully saturated rings. The van der Waals surface area contributed by atoms with Gasteiger partial charge in [-0.1, -0.05) is 24.3 Å². The molecule has 0 saturated carbocycles. The second-order valence-corrected chi connectivity index (χ2v) is 7.12. The molecule has 0 spiro atoms.